The predicted octanol–water partition coefficient (Wildman–Crippen LogP) is 3.43. The standard InChI is InChI=1S/C15H22ClNO2/c1-17-8-7-11-9-12(16)10-14(18-2)15(11)19-13-5-3-4-6-13/h9-10,13,17H,3-8H2,1-2H3. The van der Waals surface area contributed by atoms with E-state index in [0.717, 1.165) is 42.9 Å². The van der Waals surface area contributed by atoms with Crippen molar-refractivity contribution in [2.45, 2.75) is 38.2 Å². The monoisotopic (exact) mass is 283 g/mol. The van der Waals surface area contributed by atoms with Crippen LogP contribution >= 0.6 is 11.6 Å². The van der Waals surface area contributed by atoms with E-state index in [2.05, 4.69) is 5.32 Å². The van der Waals surface area contributed by atoms with E-state index in [-0.39, 0.29) is 0 Å². The molecule has 1 aliphatic carbocycles. The Balaban J connectivity index is 2.24. The Morgan fingerprint density at radius 3 is 2.68 bits per heavy atom. The van der Waals surface area contributed by atoms with Gasteiger partial charge in [-0.15, -0.1) is 0 Å². The lowest BCUT2D eigenvalue weighted by molar-refractivity contribution is 0.198. The Hall–Kier alpha value is -0.930. The van der Waals surface area contributed by atoms with Crippen molar-refractivity contribution in [1.82, 2.24) is 5.32 Å². The fourth-order valence-corrected chi connectivity index (χ4v) is 2.76. The Labute approximate surface area is 120 Å². The van der Waals surface area contributed by atoms with Crippen LogP contribution in [-0.4, -0.2) is 26.8 Å². The minimum Gasteiger partial charge on any atom is -0.493 e. The highest BCUT2D eigenvalue weighted by molar-refractivity contribution is 6.30. The number of rotatable bonds is 6. The molecule has 19 heavy (non-hydrogen) atoms. The maximum Gasteiger partial charge on any atom is 0.164 e. The lowest BCUT2D eigenvalue weighted by Crippen LogP contribution is -2.15. The van der Waals surface area contributed by atoms with E-state index in [9.17, 15) is 0 Å². The van der Waals surface area contributed by atoms with E-state index in [0.29, 0.717) is 11.1 Å². The molecule has 0 bridgehead atoms. The summed E-state index contributed by atoms with van der Waals surface area (Å²) >= 11 is 6.14. The van der Waals surface area contributed by atoms with Gasteiger partial charge in [0, 0.05) is 16.7 Å². The van der Waals surface area contributed by atoms with Gasteiger partial charge in [0.2, 0.25) is 0 Å². The molecule has 1 fully saturated rings. The van der Waals surface area contributed by atoms with E-state index in [1.807, 2.05) is 19.2 Å². The molecule has 0 saturated heterocycles. The molecule has 1 aliphatic rings. The van der Waals surface area contributed by atoms with E-state index in [1.165, 1.54) is 12.8 Å². The molecule has 0 amide bonds. The van der Waals surface area contributed by atoms with Gasteiger partial charge >= 0.3 is 0 Å². The van der Waals surface area contributed by atoms with Crippen LogP contribution in [0, 0.1) is 0 Å². The molecule has 0 unspecified atom stereocenters. The first-order valence-electron chi connectivity index (χ1n) is 6.92. The van der Waals surface area contributed by atoms with Crippen molar-refractivity contribution in [2.75, 3.05) is 20.7 Å². The highest BCUT2D eigenvalue weighted by Crippen LogP contribution is 2.37. The molecule has 0 atom stereocenters. The van der Waals surface area contributed by atoms with Crippen LogP contribution in [0.15, 0.2) is 12.1 Å². The SMILES string of the molecule is CNCCc1cc(Cl)cc(OC)c1OC1CCCC1. The summed E-state index contributed by atoms with van der Waals surface area (Å²) in [6, 6.07) is 3.81. The van der Waals surface area contributed by atoms with Gasteiger partial charge in [-0.2, -0.15) is 0 Å². The molecule has 1 aromatic carbocycles. The maximum absolute atomic E-state index is 6.17. The summed E-state index contributed by atoms with van der Waals surface area (Å²) in [5.74, 6) is 1.61. The molecular weight excluding hydrogens is 262 g/mol. The predicted molar refractivity (Wildman–Crippen MR) is 78.5 cm³/mol. The van der Waals surface area contributed by atoms with Crippen molar-refractivity contribution in [3.8, 4) is 11.5 Å². The van der Waals surface area contributed by atoms with Crippen LogP contribution in [0.5, 0.6) is 11.5 Å². The number of nitrogens with one attached hydrogen (secondary N) is 1. The normalized spacial score (nSPS) is 15.7. The third-order valence-corrected chi connectivity index (χ3v) is 3.77. The van der Waals surface area contributed by atoms with E-state index in [4.69, 9.17) is 21.1 Å². The Morgan fingerprint density at radius 2 is 2.05 bits per heavy atom. The first-order valence-corrected chi connectivity index (χ1v) is 7.30. The van der Waals surface area contributed by atoms with Crippen molar-refractivity contribution in [3.63, 3.8) is 0 Å². The van der Waals surface area contributed by atoms with Gasteiger partial charge in [0.25, 0.3) is 0 Å². The number of likely N-dealkylation sites (N-methyl/N-ethyl adjacent to an activating group) is 1. The van der Waals surface area contributed by atoms with Gasteiger partial charge in [-0.05, 0) is 51.8 Å². The Bertz CT molecular complexity index is 417. The zero-order chi connectivity index (χ0) is 13.7. The summed E-state index contributed by atoms with van der Waals surface area (Å²) in [5, 5.41) is 3.85. The summed E-state index contributed by atoms with van der Waals surface area (Å²) < 4.78 is 11.6. The minimum absolute atomic E-state index is 0.323. The second kappa shape index (κ2) is 7.01. The van der Waals surface area contributed by atoms with Crippen LogP contribution in [0.2, 0.25) is 5.02 Å². The highest BCUT2D eigenvalue weighted by atomic mass is 35.5. The number of methoxy groups -OCH3 is 1. The molecule has 0 aromatic heterocycles. The van der Waals surface area contributed by atoms with Crippen molar-refractivity contribution >= 4 is 11.6 Å². The largest absolute Gasteiger partial charge is 0.493 e. The zero-order valence-electron chi connectivity index (χ0n) is 11.7. The molecular formula is C15H22ClNO2. The average Bonchev–Trinajstić information content (AvgIpc) is 2.91. The van der Waals surface area contributed by atoms with Gasteiger partial charge in [-0.3, -0.25) is 0 Å². The van der Waals surface area contributed by atoms with Crippen LogP contribution in [0.4, 0.5) is 0 Å². The maximum atomic E-state index is 6.17. The molecule has 0 heterocycles. The van der Waals surface area contributed by atoms with Crippen LogP contribution < -0.4 is 14.8 Å². The van der Waals surface area contributed by atoms with Crippen molar-refractivity contribution in [1.29, 1.82) is 0 Å². The van der Waals surface area contributed by atoms with Gasteiger partial charge < -0.3 is 14.8 Å². The molecule has 106 valence electrons. The molecule has 3 nitrogen and oxygen atoms in total. The third-order valence-electron chi connectivity index (χ3n) is 3.55. The number of hydrogen-bond acceptors (Lipinski definition) is 3. The van der Waals surface area contributed by atoms with Crippen LogP contribution in [0.1, 0.15) is 31.2 Å². The van der Waals surface area contributed by atoms with Crippen molar-refractivity contribution < 1.29 is 9.47 Å². The van der Waals surface area contributed by atoms with Crippen molar-refractivity contribution in [3.05, 3.63) is 22.7 Å². The fraction of sp³-hybridized carbons (Fsp3) is 0.600. The van der Waals surface area contributed by atoms with Gasteiger partial charge in [-0.1, -0.05) is 11.6 Å². The van der Waals surface area contributed by atoms with Gasteiger partial charge in [0.15, 0.2) is 11.5 Å². The summed E-state index contributed by atoms with van der Waals surface area (Å²) in [7, 11) is 3.61. The van der Waals surface area contributed by atoms with Gasteiger partial charge in [0.1, 0.15) is 0 Å². The average molecular weight is 284 g/mol. The van der Waals surface area contributed by atoms with E-state index in [1.54, 1.807) is 7.11 Å². The Morgan fingerprint density at radius 1 is 1.32 bits per heavy atom. The minimum atomic E-state index is 0.323. The van der Waals surface area contributed by atoms with Crippen LogP contribution in [0.25, 0.3) is 0 Å². The molecule has 1 aromatic rings. The van der Waals surface area contributed by atoms with Crippen LogP contribution in [0.3, 0.4) is 0 Å². The second-order valence-electron chi connectivity index (χ2n) is 4.97. The van der Waals surface area contributed by atoms with E-state index < -0.39 is 0 Å². The number of hydrogen-bond donors (Lipinski definition) is 1. The quantitative estimate of drug-likeness (QED) is 0.868. The molecule has 2 rings (SSSR count). The number of halogens is 1. The summed E-state index contributed by atoms with van der Waals surface area (Å²) in [5.41, 5.74) is 1.12. The first-order chi connectivity index (χ1) is 9.24. The molecule has 1 saturated carbocycles. The van der Waals surface area contributed by atoms with Gasteiger partial charge in [0.05, 0.1) is 13.2 Å². The Kier molecular flexibility index (Phi) is 5.34. The third kappa shape index (κ3) is 3.77. The number of ether oxygens (including phenoxy) is 2. The topological polar surface area (TPSA) is 30.5 Å². The van der Waals surface area contributed by atoms with Crippen molar-refractivity contribution in [2.24, 2.45) is 0 Å². The summed E-state index contributed by atoms with van der Waals surface area (Å²) in [6.07, 6.45) is 5.99. The highest BCUT2D eigenvalue weighted by Gasteiger charge is 2.21. The number of benzene rings is 1. The lowest BCUT2D eigenvalue weighted by atomic mass is 10.1. The summed E-state index contributed by atoms with van der Waals surface area (Å²) in [6.45, 7) is 0.893. The second-order valence-corrected chi connectivity index (χ2v) is 5.41. The molecule has 4 heteroatoms. The molecule has 1 N–H and O–H groups in total. The molecule has 0 radical (unpaired) electrons. The zero-order valence-corrected chi connectivity index (χ0v) is 12.4. The molecule has 0 spiro atoms. The van der Waals surface area contributed by atoms with Crippen LogP contribution in [-0.2, 0) is 6.42 Å². The smallest absolute Gasteiger partial charge is 0.164 e. The molecule has 0 aliphatic heterocycles. The van der Waals surface area contributed by atoms with Gasteiger partial charge in [-0.25, -0.2) is 0 Å². The summed E-state index contributed by atoms with van der Waals surface area (Å²) in [4.78, 5) is 0. The lowest BCUT2D eigenvalue weighted by Gasteiger charge is -2.19. The van der Waals surface area contributed by atoms with E-state index >= 15 is 0 Å². The fourth-order valence-electron chi connectivity index (χ4n) is 2.53. The first kappa shape index (κ1) is 14.5.